The molecule has 0 saturated carbocycles. The first-order valence-electron chi connectivity index (χ1n) is 10.4. The Kier molecular flexibility index (Phi) is 8.65. The van der Waals surface area contributed by atoms with Crippen LogP contribution in [-0.4, -0.2) is 44.0 Å². The van der Waals surface area contributed by atoms with Gasteiger partial charge in [0, 0.05) is 19.1 Å². The average Bonchev–Trinajstić information content (AvgIpc) is 2.72. The zero-order chi connectivity index (χ0) is 23.9. The number of carbonyl (C=O) groups excluding carboxylic acids is 2. The maximum absolute atomic E-state index is 12.8. The lowest BCUT2D eigenvalue weighted by atomic mass is 10.2. The van der Waals surface area contributed by atoms with Crippen LogP contribution in [0.2, 0.25) is 0 Å². The van der Waals surface area contributed by atoms with Crippen LogP contribution in [0.1, 0.15) is 50.5 Å². The second kappa shape index (κ2) is 11.0. The normalized spacial score (nSPS) is 11.3. The van der Waals surface area contributed by atoms with E-state index in [0.29, 0.717) is 13.1 Å². The Morgan fingerprint density at radius 2 is 1.62 bits per heavy atom. The third kappa shape index (κ3) is 6.71. The molecule has 2 aromatic carbocycles. The molecule has 0 aliphatic heterocycles. The van der Waals surface area contributed by atoms with E-state index < -0.39 is 22.2 Å². The molecular formula is C23H30N2O6S. The van der Waals surface area contributed by atoms with Crippen LogP contribution in [0.5, 0.6) is 5.75 Å². The highest BCUT2D eigenvalue weighted by Crippen LogP contribution is 2.23. The van der Waals surface area contributed by atoms with Crippen molar-refractivity contribution in [1.82, 2.24) is 10.2 Å². The molecule has 0 unspecified atom stereocenters. The summed E-state index contributed by atoms with van der Waals surface area (Å²) in [4.78, 5) is 25.9. The molecule has 0 aliphatic carbocycles. The highest BCUT2D eigenvalue weighted by molar-refractivity contribution is 7.87. The van der Waals surface area contributed by atoms with Crippen molar-refractivity contribution in [2.45, 2.75) is 58.2 Å². The van der Waals surface area contributed by atoms with Crippen molar-refractivity contribution in [1.29, 1.82) is 0 Å². The summed E-state index contributed by atoms with van der Waals surface area (Å²) in [6.07, 6.45) is -0.392. The highest BCUT2D eigenvalue weighted by atomic mass is 32.2. The molecule has 2 rings (SSSR count). The minimum absolute atomic E-state index is 0.0139. The summed E-state index contributed by atoms with van der Waals surface area (Å²) in [7, 11) is -4.27. The van der Waals surface area contributed by atoms with Gasteiger partial charge in [0.25, 0.3) is 0 Å². The molecule has 0 aliphatic rings. The molecule has 9 heteroatoms. The van der Waals surface area contributed by atoms with E-state index in [9.17, 15) is 18.0 Å². The molecule has 0 spiro atoms. The number of hydrogen-bond donors (Lipinski definition) is 1. The maximum Gasteiger partial charge on any atom is 0.340 e. The van der Waals surface area contributed by atoms with Gasteiger partial charge in [-0.1, -0.05) is 24.3 Å². The number of ether oxygens (including phenoxy) is 1. The molecule has 1 N–H and O–H groups in total. The van der Waals surface area contributed by atoms with E-state index in [1.807, 2.05) is 20.8 Å². The van der Waals surface area contributed by atoms with Gasteiger partial charge in [-0.2, -0.15) is 8.42 Å². The minimum atomic E-state index is -4.27. The van der Waals surface area contributed by atoms with E-state index in [0.717, 1.165) is 5.56 Å². The SMILES string of the molecule is CCNC(=O)N(Cc1ccc(OS(=O)(=O)c2ccccc2C(=O)OC(C)C)cc1)C(C)C. The number of rotatable bonds is 9. The van der Waals surface area contributed by atoms with Crippen molar-refractivity contribution >= 4 is 22.1 Å². The monoisotopic (exact) mass is 462 g/mol. The molecule has 2 aromatic rings. The van der Waals surface area contributed by atoms with Gasteiger partial charge < -0.3 is 19.1 Å². The lowest BCUT2D eigenvalue weighted by Crippen LogP contribution is -2.43. The largest absolute Gasteiger partial charge is 0.459 e. The van der Waals surface area contributed by atoms with Gasteiger partial charge in [-0.15, -0.1) is 0 Å². The Labute approximate surface area is 189 Å². The predicted octanol–water partition coefficient (Wildman–Crippen LogP) is 3.96. The smallest absolute Gasteiger partial charge is 0.340 e. The highest BCUT2D eigenvalue weighted by Gasteiger charge is 2.25. The number of amides is 2. The fourth-order valence-electron chi connectivity index (χ4n) is 2.89. The first-order valence-corrected chi connectivity index (χ1v) is 11.8. The predicted molar refractivity (Wildman–Crippen MR) is 121 cm³/mol. The van der Waals surface area contributed by atoms with Gasteiger partial charge in [-0.05, 0) is 64.4 Å². The van der Waals surface area contributed by atoms with Crippen LogP contribution < -0.4 is 9.50 Å². The summed E-state index contributed by atoms with van der Waals surface area (Å²) in [5, 5.41) is 2.78. The fourth-order valence-corrected chi connectivity index (χ4v) is 4.01. The van der Waals surface area contributed by atoms with Crippen molar-refractivity contribution in [3.05, 3.63) is 59.7 Å². The first-order chi connectivity index (χ1) is 15.0. The molecule has 2 amide bonds. The van der Waals surface area contributed by atoms with Gasteiger partial charge in [0.05, 0.1) is 11.7 Å². The van der Waals surface area contributed by atoms with Gasteiger partial charge in [-0.25, -0.2) is 9.59 Å². The Morgan fingerprint density at radius 1 is 1.00 bits per heavy atom. The van der Waals surface area contributed by atoms with Crippen LogP contribution in [0, 0.1) is 0 Å². The standard InChI is InChI=1S/C23H30N2O6S/c1-6-24-23(27)25(16(2)3)15-18-11-13-19(14-12-18)31-32(28,29)21-10-8-7-9-20(21)22(26)30-17(4)5/h7-14,16-17H,6,15H2,1-5H3,(H,24,27). The molecular weight excluding hydrogens is 432 g/mol. The Bertz CT molecular complexity index is 1030. The lowest BCUT2D eigenvalue weighted by Gasteiger charge is -2.27. The molecule has 8 nitrogen and oxygen atoms in total. The number of hydrogen-bond acceptors (Lipinski definition) is 6. The van der Waals surface area contributed by atoms with Gasteiger partial charge in [0.1, 0.15) is 10.6 Å². The van der Waals surface area contributed by atoms with E-state index in [1.165, 1.54) is 30.3 Å². The summed E-state index contributed by atoms with van der Waals surface area (Å²) >= 11 is 0. The van der Waals surface area contributed by atoms with E-state index in [4.69, 9.17) is 8.92 Å². The first kappa shape index (κ1) is 25.2. The lowest BCUT2D eigenvalue weighted by molar-refractivity contribution is 0.0373. The van der Waals surface area contributed by atoms with Gasteiger partial charge in [-0.3, -0.25) is 0 Å². The van der Waals surface area contributed by atoms with Crippen LogP contribution in [-0.2, 0) is 21.4 Å². The number of esters is 1. The summed E-state index contributed by atoms with van der Waals surface area (Å²) in [5.74, 6) is -0.646. The molecule has 32 heavy (non-hydrogen) atoms. The summed E-state index contributed by atoms with van der Waals surface area (Å²) < 4.78 is 36.1. The maximum atomic E-state index is 12.8. The van der Waals surface area contributed by atoms with Crippen LogP contribution in [0.4, 0.5) is 4.79 Å². The van der Waals surface area contributed by atoms with Gasteiger partial charge in [0.15, 0.2) is 0 Å². The molecule has 0 saturated heterocycles. The number of urea groups is 1. The molecule has 0 bridgehead atoms. The third-order valence-electron chi connectivity index (χ3n) is 4.41. The number of carbonyl (C=O) groups is 2. The number of nitrogens with zero attached hydrogens (tertiary/aromatic N) is 1. The van der Waals surface area contributed by atoms with Crippen LogP contribution >= 0.6 is 0 Å². The summed E-state index contributed by atoms with van der Waals surface area (Å²) in [6, 6.07) is 12.0. The summed E-state index contributed by atoms with van der Waals surface area (Å²) in [5.41, 5.74) is 0.725. The topological polar surface area (TPSA) is 102 Å². The molecule has 0 heterocycles. The Balaban J connectivity index is 2.20. The Morgan fingerprint density at radius 3 is 2.19 bits per heavy atom. The fraction of sp³-hybridized carbons (Fsp3) is 0.391. The second-order valence-corrected chi connectivity index (χ2v) is 9.20. The molecule has 0 radical (unpaired) electrons. The zero-order valence-electron chi connectivity index (χ0n) is 19.0. The van der Waals surface area contributed by atoms with Gasteiger partial charge >= 0.3 is 22.1 Å². The summed E-state index contributed by atoms with van der Waals surface area (Å²) in [6.45, 7) is 9.93. The van der Waals surface area contributed by atoms with Crippen LogP contribution in [0.25, 0.3) is 0 Å². The van der Waals surface area contributed by atoms with Crippen molar-refractivity contribution in [3.63, 3.8) is 0 Å². The molecule has 0 atom stereocenters. The molecule has 0 aromatic heterocycles. The van der Waals surface area contributed by atoms with E-state index in [-0.39, 0.29) is 28.3 Å². The van der Waals surface area contributed by atoms with Crippen molar-refractivity contribution in [2.24, 2.45) is 0 Å². The van der Waals surface area contributed by atoms with Crippen LogP contribution in [0.15, 0.2) is 53.4 Å². The minimum Gasteiger partial charge on any atom is -0.459 e. The third-order valence-corrected chi connectivity index (χ3v) is 5.72. The molecule has 174 valence electrons. The zero-order valence-corrected chi connectivity index (χ0v) is 19.8. The van der Waals surface area contributed by atoms with Crippen molar-refractivity contribution < 1.29 is 26.9 Å². The quantitative estimate of drug-likeness (QED) is 0.447. The Hall–Kier alpha value is -3.07. The van der Waals surface area contributed by atoms with Crippen molar-refractivity contribution in [2.75, 3.05) is 6.54 Å². The average molecular weight is 463 g/mol. The van der Waals surface area contributed by atoms with Gasteiger partial charge in [0.2, 0.25) is 0 Å². The van der Waals surface area contributed by atoms with Crippen molar-refractivity contribution in [3.8, 4) is 5.75 Å². The van der Waals surface area contributed by atoms with E-state index in [2.05, 4.69) is 5.32 Å². The second-order valence-electron chi connectivity index (χ2n) is 7.69. The van der Waals surface area contributed by atoms with E-state index in [1.54, 1.807) is 36.9 Å². The number of benzene rings is 2. The molecule has 0 fully saturated rings. The van der Waals surface area contributed by atoms with E-state index >= 15 is 0 Å². The number of nitrogens with one attached hydrogen (secondary N) is 1. The van der Waals surface area contributed by atoms with Crippen LogP contribution in [0.3, 0.4) is 0 Å².